The average Bonchev–Trinajstić information content (AvgIpc) is 2.67. The Balaban J connectivity index is 1.58. The first-order valence-corrected chi connectivity index (χ1v) is 8.35. The number of aliphatic hydroxyl groups excluding tert-OH is 1. The van der Waals surface area contributed by atoms with Gasteiger partial charge in [0.05, 0.1) is 18.9 Å². The molecule has 0 radical (unpaired) electrons. The molecule has 1 aliphatic heterocycles. The van der Waals surface area contributed by atoms with Gasteiger partial charge in [-0.15, -0.1) is 0 Å². The number of hydrogen-bond acceptors (Lipinski definition) is 6. The first kappa shape index (κ1) is 16.8. The third-order valence-electron chi connectivity index (χ3n) is 4.35. The molecule has 3 heterocycles. The second-order valence-corrected chi connectivity index (χ2v) is 6.01. The van der Waals surface area contributed by atoms with Crippen LogP contribution in [0, 0.1) is 0 Å². The number of rotatable bonds is 6. The zero-order valence-corrected chi connectivity index (χ0v) is 13.9. The van der Waals surface area contributed by atoms with Gasteiger partial charge in [-0.05, 0) is 38.1 Å². The summed E-state index contributed by atoms with van der Waals surface area (Å²) in [5.41, 5.74) is 2.57. The Morgan fingerprint density at radius 2 is 2.04 bits per heavy atom. The van der Waals surface area contributed by atoms with Crippen molar-refractivity contribution in [1.29, 1.82) is 0 Å². The lowest BCUT2D eigenvalue weighted by Gasteiger charge is -2.25. The molecule has 0 spiro atoms. The van der Waals surface area contributed by atoms with Gasteiger partial charge in [-0.1, -0.05) is 6.07 Å². The number of piperidine rings is 1. The topological polar surface area (TPSA) is 79.3 Å². The van der Waals surface area contributed by atoms with Gasteiger partial charge in [0.15, 0.2) is 0 Å². The minimum absolute atomic E-state index is 0.485. The Hall–Kier alpha value is -2.02. The number of ether oxygens (including phenoxy) is 1. The molecule has 24 heavy (non-hydrogen) atoms. The number of hydrogen-bond donors (Lipinski definition) is 3. The van der Waals surface area contributed by atoms with E-state index >= 15 is 0 Å². The van der Waals surface area contributed by atoms with Crippen molar-refractivity contribution >= 4 is 0 Å². The van der Waals surface area contributed by atoms with Crippen LogP contribution in [0.15, 0.2) is 36.7 Å². The van der Waals surface area contributed by atoms with Crippen molar-refractivity contribution in [3.05, 3.63) is 42.2 Å². The van der Waals surface area contributed by atoms with Crippen molar-refractivity contribution in [2.75, 3.05) is 26.7 Å². The molecular formula is C18H24N4O2. The second-order valence-electron chi connectivity index (χ2n) is 6.01. The van der Waals surface area contributed by atoms with Gasteiger partial charge in [-0.2, -0.15) is 0 Å². The fraction of sp³-hybridized carbons (Fsp3) is 0.444. The molecule has 1 fully saturated rings. The fourth-order valence-corrected chi connectivity index (χ4v) is 2.85. The van der Waals surface area contributed by atoms with Crippen LogP contribution in [0.25, 0.3) is 11.3 Å². The Morgan fingerprint density at radius 1 is 1.21 bits per heavy atom. The maximum absolute atomic E-state index is 10.3. The van der Waals surface area contributed by atoms with E-state index in [2.05, 4.69) is 20.6 Å². The van der Waals surface area contributed by atoms with Crippen molar-refractivity contribution in [1.82, 2.24) is 20.6 Å². The largest absolute Gasteiger partial charge is 0.481 e. The molecular weight excluding hydrogens is 304 g/mol. The molecule has 1 saturated heterocycles. The van der Waals surface area contributed by atoms with E-state index in [1.807, 2.05) is 24.3 Å². The number of pyridine rings is 2. The van der Waals surface area contributed by atoms with E-state index in [1.54, 1.807) is 19.5 Å². The summed E-state index contributed by atoms with van der Waals surface area (Å²) < 4.78 is 5.06. The minimum atomic E-state index is -0.546. The molecule has 0 saturated carbocycles. The smallest absolute Gasteiger partial charge is 0.212 e. The number of aromatic nitrogens is 2. The molecule has 2 aromatic heterocycles. The fourth-order valence-electron chi connectivity index (χ4n) is 2.85. The van der Waals surface area contributed by atoms with Gasteiger partial charge in [0.1, 0.15) is 0 Å². The number of aliphatic hydroxyl groups is 1. The first-order chi connectivity index (χ1) is 11.8. The third-order valence-corrected chi connectivity index (χ3v) is 4.35. The average molecular weight is 328 g/mol. The highest BCUT2D eigenvalue weighted by Gasteiger charge is 2.15. The molecule has 1 unspecified atom stereocenters. The van der Waals surface area contributed by atoms with Crippen molar-refractivity contribution in [2.24, 2.45) is 0 Å². The van der Waals surface area contributed by atoms with Crippen LogP contribution in [0.3, 0.4) is 0 Å². The molecule has 2 aromatic rings. The molecule has 3 rings (SSSR count). The van der Waals surface area contributed by atoms with E-state index in [9.17, 15) is 5.11 Å². The van der Waals surface area contributed by atoms with E-state index in [1.165, 1.54) is 0 Å². The van der Waals surface area contributed by atoms with Gasteiger partial charge in [0.2, 0.25) is 5.88 Å². The molecule has 6 heteroatoms. The predicted octanol–water partition coefficient (Wildman–Crippen LogP) is 1.53. The molecule has 1 aliphatic rings. The lowest BCUT2D eigenvalue weighted by Crippen LogP contribution is -2.41. The third kappa shape index (κ3) is 4.29. The van der Waals surface area contributed by atoms with E-state index in [-0.39, 0.29) is 0 Å². The van der Waals surface area contributed by atoms with Crippen LogP contribution in [0.1, 0.15) is 24.5 Å². The first-order valence-electron chi connectivity index (χ1n) is 8.35. The van der Waals surface area contributed by atoms with E-state index in [0.717, 1.165) is 42.8 Å². The summed E-state index contributed by atoms with van der Waals surface area (Å²) >= 11 is 0. The quantitative estimate of drug-likeness (QED) is 0.746. The summed E-state index contributed by atoms with van der Waals surface area (Å²) in [6.07, 6.45) is 5.13. The van der Waals surface area contributed by atoms with Crippen molar-refractivity contribution < 1.29 is 9.84 Å². The van der Waals surface area contributed by atoms with Gasteiger partial charge in [0, 0.05) is 42.2 Å². The summed E-state index contributed by atoms with van der Waals surface area (Å²) in [7, 11) is 1.59. The normalized spacial score (nSPS) is 16.8. The Labute approximate surface area is 142 Å². The molecule has 3 N–H and O–H groups in total. The van der Waals surface area contributed by atoms with Crippen LogP contribution in [-0.2, 0) is 0 Å². The molecule has 128 valence electrons. The van der Waals surface area contributed by atoms with E-state index in [0.29, 0.717) is 18.5 Å². The van der Waals surface area contributed by atoms with Crippen LogP contribution in [-0.4, -0.2) is 47.9 Å². The monoisotopic (exact) mass is 328 g/mol. The second kappa shape index (κ2) is 8.19. The lowest BCUT2D eigenvalue weighted by molar-refractivity contribution is 0.166. The van der Waals surface area contributed by atoms with Crippen molar-refractivity contribution in [3.63, 3.8) is 0 Å². The SMILES string of the molecule is COc1ccc(-c2ccc(C(O)CNC3CCNCC3)cn2)cn1. The summed E-state index contributed by atoms with van der Waals surface area (Å²) in [4.78, 5) is 8.63. The molecule has 0 bridgehead atoms. The molecule has 6 nitrogen and oxygen atoms in total. The van der Waals surface area contributed by atoms with Crippen molar-refractivity contribution in [3.8, 4) is 17.1 Å². The Morgan fingerprint density at radius 3 is 2.67 bits per heavy atom. The summed E-state index contributed by atoms with van der Waals surface area (Å²) in [5, 5.41) is 17.1. The summed E-state index contributed by atoms with van der Waals surface area (Å²) in [6, 6.07) is 8.04. The molecule has 0 aromatic carbocycles. The van der Waals surface area contributed by atoms with E-state index < -0.39 is 6.10 Å². The number of methoxy groups -OCH3 is 1. The zero-order valence-electron chi connectivity index (χ0n) is 13.9. The molecule has 0 amide bonds. The Kier molecular flexibility index (Phi) is 5.74. The number of nitrogens with zero attached hydrogens (tertiary/aromatic N) is 2. The van der Waals surface area contributed by atoms with Crippen LogP contribution < -0.4 is 15.4 Å². The highest BCUT2D eigenvalue weighted by Crippen LogP contribution is 2.20. The van der Waals surface area contributed by atoms with Crippen LogP contribution in [0.5, 0.6) is 5.88 Å². The van der Waals surface area contributed by atoms with Crippen LogP contribution in [0.2, 0.25) is 0 Å². The molecule has 1 atom stereocenters. The maximum Gasteiger partial charge on any atom is 0.212 e. The van der Waals surface area contributed by atoms with Crippen LogP contribution in [0.4, 0.5) is 0 Å². The maximum atomic E-state index is 10.3. The predicted molar refractivity (Wildman–Crippen MR) is 92.9 cm³/mol. The van der Waals surface area contributed by atoms with Gasteiger partial charge in [0.25, 0.3) is 0 Å². The Bertz CT molecular complexity index is 624. The lowest BCUT2D eigenvalue weighted by atomic mass is 10.1. The number of nitrogens with one attached hydrogen (secondary N) is 2. The standard InChI is InChI=1S/C18H24N4O2/c1-24-18-5-3-13(10-22-18)16-4-2-14(11-21-16)17(23)12-20-15-6-8-19-9-7-15/h2-5,10-11,15,17,19-20,23H,6-9,12H2,1H3. The van der Waals surface area contributed by atoms with Gasteiger partial charge >= 0.3 is 0 Å². The highest BCUT2D eigenvalue weighted by atomic mass is 16.5. The highest BCUT2D eigenvalue weighted by molar-refractivity contribution is 5.58. The molecule has 0 aliphatic carbocycles. The summed E-state index contributed by atoms with van der Waals surface area (Å²) in [6.45, 7) is 2.63. The zero-order chi connectivity index (χ0) is 16.8. The van der Waals surface area contributed by atoms with Crippen molar-refractivity contribution in [2.45, 2.75) is 25.0 Å². The summed E-state index contributed by atoms with van der Waals surface area (Å²) in [5.74, 6) is 0.578. The van der Waals surface area contributed by atoms with Gasteiger partial charge in [-0.25, -0.2) is 4.98 Å². The van der Waals surface area contributed by atoms with Crippen LogP contribution >= 0.6 is 0 Å². The minimum Gasteiger partial charge on any atom is -0.481 e. The van der Waals surface area contributed by atoms with Gasteiger partial charge in [-0.3, -0.25) is 4.98 Å². The van der Waals surface area contributed by atoms with Gasteiger partial charge < -0.3 is 20.5 Å². The van der Waals surface area contributed by atoms with E-state index in [4.69, 9.17) is 4.74 Å².